The van der Waals surface area contributed by atoms with E-state index in [2.05, 4.69) is 45.9 Å². The fourth-order valence-electron chi connectivity index (χ4n) is 3.96. The van der Waals surface area contributed by atoms with E-state index < -0.39 is 0 Å². The molecule has 0 aromatic heterocycles. The van der Waals surface area contributed by atoms with Crippen molar-refractivity contribution in [2.45, 2.75) is 38.5 Å². The van der Waals surface area contributed by atoms with Crippen molar-refractivity contribution in [3.05, 3.63) is 119 Å². The summed E-state index contributed by atoms with van der Waals surface area (Å²) in [4.78, 5) is 0. The standard InChI is InChI=1S/C15H18N2.C15H17NO/c2*1-15(2,11-6-8-13(16)9-7-11)12-4-3-5-14(17)10-12/h3-10H,16-17H2,1-2H3;3-10,17H,16H2,1-2H3. The molecule has 0 unspecified atom stereocenters. The topological polar surface area (TPSA) is 98.3 Å². The fourth-order valence-corrected chi connectivity index (χ4v) is 3.96. The van der Waals surface area contributed by atoms with Crippen LogP contribution in [0.5, 0.6) is 5.75 Å². The SMILES string of the molecule is CC(C)(c1ccc(N)cc1)c1cccc(N)c1.CC(C)(c1ccc(N)cc1)c1cccc(O)c1. The van der Waals surface area contributed by atoms with Crippen LogP contribution in [0, 0.1) is 0 Å². The van der Waals surface area contributed by atoms with Crippen LogP contribution < -0.4 is 17.2 Å². The summed E-state index contributed by atoms with van der Waals surface area (Å²) in [6.45, 7) is 8.64. The smallest absolute Gasteiger partial charge is 0.115 e. The van der Waals surface area contributed by atoms with Crippen LogP contribution in [0.3, 0.4) is 0 Å². The Kier molecular flexibility index (Phi) is 7.21. The first-order valence-corrected chi connectivity index (χ1v) is 11.4. The van der Waals surface area contributed by atoms with Crippen molar-refractivity contribution in [1.29, 1.82) is 0 Å². The molecule has 0 saturated carbocycles. The highest BCUT2D eigenvalue weighted by molar-refractivity contribution is 5.49. The molecule has 0 amide bonds. The van der Waals surface area contributed by atoms with Crippen molar-refractivity contribution in [2.24, 2.45) is 0 Å². The van der Waals surface area contributed by atoms with Crippen LogP contribution in [0.15, 0.2) is 97.1 Å². The molecule has 7 N–H and O–H groups in total. The van der Waals surface area contributed by atoms with E-state index >= 15 is 0 Å². The predicted molar refractivity (Wildman–Crippen MR) is 145 cm³/mol. The molecule has 0 heterocycles. The fraction of sp³-hybridized carbons (Fsp3) is 0.200. The highest BCUT2D eigenvalue weighted by atomic mass is 16.3. The minimum Gasteiger partial charge on any atom is -0.508 e. The summed E-state index contributed by atoms with van der Waals surface area (Å²) in [5.41, 5.74) is 24.1. The van der Waals surface area contributed by atoms with Crippen molar-refractivity contribution < 1.29 is 5.11 Å². The Hall–Kier alpha value is -3.92. The van der Waals surface area contributed by atoms with E-state index in [1.54, 1.807) is 12.1 Å². The van der Waals surface area contributed by atoms with Gasteiger partial charge in [-0.25, -0.2) is 0 Å². The van der Waals surface area contributed by atoms with Gasteiger partial charge in [0.25, 0.3) is 0 Å². The Bertz CT molecular complexity index is 1130. The van der Waals surface area contributed by atoms with Gasteiger partial charge in [0.1, 0.15) is 5.75 Å². The second-order valence-corrected chi connectivity index (χ2v) is 9.67. The average Bonchev–Trinajstić information content (AvgIpc) is 2.80. The number of anilines is 3. The van der Waals surface area contributed by atoms with Crippen LogP contribution in [0.4, 0.5) is 17.1 Å². The van der Waals surface area contributed by atoms with Crippen LogP contribution in [0.25, 0.3) is 0 Å². The molecule has 0 fully saturated rings. The Morgan fingerprint density at radius 1 is 0.471 bits per heavy atom. The minimum absolute atomic E-state index is 0.0664. The Morgan fingerprint density at radius 3 is 1.29 bits per heavy atom. The number of nitrogens with two attached hydrogens (primary N) is 3. The van der Waals surface area contributed by atoms with Crippen LogP contribution in [0.1, 0.15) is 49.9 Å². The number of phenolic OH excluding ortho intramolecular Hbond substituents is 1. The summed E-state index contributed by atoms with van der Waals surface area (Å²) in [6, 6.07) is 31.3. The zero-order chi connectivity index (χ0) is 24.9. The van der Waals surface area contributed by atoms with Gasteiger partial charge in [-0.1, -0.05) is 76.2 Å². The van der Waals surface area contributed by atoms with Crippen molar-refractivity contribution in [2.75, 3.05) is 17.2 Å². The highest BCUT2D eigenvalue weighted by Crippen LogP contribution is 2.34. The van der Waals surface area contributed by atoms with E-state index in [4.69, 9.17) is 17.2 Å². The van der Waals surface area contributed by atoms with E-state index in [1.165, 1.54) is 16.7 Å². The third-order valence-electron chi connectivity index (χ3n) is 6.44. The van der Waals surface area contributed by atoms with Crippen molar-refractivity contribution in [3.8, 4) is 5.75 Å². The normalized spacial score (nSPS) is 11.4. The zero-order valence-electron chi connectivity index (χ0n) is 20.4. The van der Waals surface area contributed by atoms with E-state index in [9.17, 15) is 5.11 Å². The van der Waals surface area contributed by atoms with E-state index in [0.717, 1.165) is 22.6 Å². The molecule has 176 valence electrons. The van der Waals surface area contributed by atoms with Crippen LogP contribution >= 0.6 is 0 Å². The average molecular weight is 454 g/mol. The number of nitrogen functional groups attached to an aromatic ring is 3. The molecule has 0 radical (unpaired) electrons. The van der Waals surface area contributed by atoms with Gasteiger partial charge in [-0.05, 0) is 70.8 Å². The summed E-state index contributed by atoms with van der Waals surface area (Å²) in [7, 11) is 0. The molecule has 0 spiro atoms. The Labute approximate surface area is 203 Å². The molecule has 0 aliphatic carbocycles. The number of hydrogen-bond donors (Lipinski definition) is 4. The molecular formula is C30H35N3O. The summed E-state index contributed by atoms with van der Waals surface area (Å²) in [6.07, 6.45) is 0. The molecule has 0 bridgehead atoms. The summed E-state index contributed by atoms with van der Waals surface area (Å²) in [5.74, 6) is 0.297. The molecule has 4 rings (SSSR count). The first kappa shape index (κ1) is 24.7. The van der Waals surface area contributed by atoms with Gasteiger partial charge < -0.3 is 22.3 Å². The Morgan fingerprint density at radius 2 is 0.882 bits per heavy atom. The molecule has 0 saturated heterocycles. The maximum Gasteiger partial charge on any atom is 0.115 e. The quantitative estimate of drug-likeness (QED) is 0.266. The second-order valence-electron chi connectivity index (χ2n) is 9.67. The van der Waals surface area contributed by atoms with Crippen molar-refractivity contribution in [1.82, 2.24) is 0 Å². The van der Waals surface area contributed by atoms with Gasteiger partial charge in [0.15, 0.2) is 0 Å². The Balaban J connectivity index is 0.000000191. The summed E-state index contributed by atoms with van der Waals surface area (Å²) >= 11 is 0. The van der Waals surface area contributed by atoms with Crippen molar-refractivity contribution in [3.63, 3.8) is 0 Å². The molecule has 0 aliphatic heterocycles. The van der Waals surface area contributed by atoms with Gasteiger partial charge >= 0.3 is 0 Å². The molecule has 0 aliphatic rings. The van der Waals surface area contributed by atoms with E-state index in [-0.39, 0.29) is 10.8 Å². The third-order valence-corrected chi connectivity index (χ3v) is 6.44. The van der Waals surface area contributed by atoms with Gasteiger partial charge in [0, 0.05) is 27.9 Å². The molecule has 0 atom stereocenters. The molecule has 4 heteroatoms. The molecule has 4 aromatic carbocycles. The lowest BCUT2D eigenvalue weighted by molar-refractivity contribution is 0.472. The lowest BCUT2D eigenvalue weighted by Gasteiger charge is -2.26. The number of aromatic hydroxyl groups is 1. The van der Waals surface area contributed by atoms with Gasteiger partial charge in [-0.2, -0.15) is 0 Å². The zero-order valence-corrected chi connectivity index (χ0v) is 20.4. The van der Waals surface area contributed by atoms with Crippen LogP contribution in [-0.4, -0.2) is 5.11 Å². The van der Waals surface area contributed by atoms with E-state index in [1.807, 2.05) is 66.7 Å². The van der Waals surface area contributed by atoms with Gasteiger partial charge in [0.05, 0.1) is 0 Å². The largest absolute Gasteiger partial charge is 0.508 e. The van der Waals surface area contributed by atoms with Gasteiger partial charge in [-0.3, -0.25) is 0 Å². The first-order chi connectivity index (χ1) is 16.0. The van der Waals surface area contributed by atoms with Crippen LogP contribution in [0.2, 0.25) is 0 Å². The summed E-state index contributed by atoms with van der Waals surface area (Å²) in [5, 5.41) is 9.55. The molecule has 34 heavy (non-hydrogen) atoms. The number of phenols is 1. The lowest BCUT2D eigenvalue weighted by Crippen LogP contribution is -2.19. The maximum absolute atomic E-state index is 9.55. The molecule has 4 aromatic rings. The second kappa shape index (κ2) is 9.92. The highest BCUT2D eigenvalue weighted by Gasteiger charge is 2.24. The number of benzene rings is 4. The lowest BCUT2D eigenvalue weighted by atomic mass is 9.78. The predicted octanol–water partition coefficient (Wildman–Crippen LogP) is 6.48. The number of rotatable bonds is 4. The molecular weight excluding hydrogens is 418 g/mol. The van der Waals surface area contributed by atoms with Gasteiger partial charge in [0.2, 0.25) is 0 Å². The van der Waals surface area contributed by atoms with Crippen molar-refractivity contribution >= 4 is 17.1 Å². The maximum atomic E-state index is 9.55. The van der Waals surface area contributed by atoms with Gasteiger partial charge in [-0.15, -0.1) is 0 Å². The third kappa shape index (κ3) is 5.70. The van der Waals surface area contributed by atoms with E-state index in [0.29, 0.717) is 5.75 Å². The molecule has 4 nitrogen and oxygen atoms in total. The number of hydrogen-bond acceptors (Lipinski definition) is 4. The first-order valence-electron chi connectivity index (χ1n) is 11.4. The minimum atomic E-state index is -0.146. The summed E-state index contributed by atoms with van der Waals surface area (Å²) < 4.78 is 0. The monoisotopic (exact) mass is 453 g/mol. The van der Waals surface area contributed by atoms with Crippen LogP contribution in [-0.2, 0) is 10.8 Å².